The zero-order valence-corrected chi connectivity index (χ0v) is 11.4. The van der Waals surface area contributed by atoms with Crippen LogP contribution in [0, 0.1) is 5.92 Å². The lowest BCUT2D eigenvalue weighted by atomic mass is 9.99. The second-order valence-electron chi connectivity index (χ2n) is 5.00. The SMILES string of the molecule is CNC(=O)C(C(C)C)N1CC(=O)Nc2ccccc21. The third-order valence-electron chi connectivity index (χ3n) is 3.28. The van der Waals surface area contributed by atoms with Gasteiger partial charge in [-0.15, -0.1) is 0 Å². The minimum atomic E-state index is -0.350. The quantitative estimate of drug-likeness (QED) is 0.860. The molecule has 0 aromatic heterocycles. The summed E-state index contributed by atoms with van der Waals surface area (Å²) in [5.41, 5.74) is 1.65. The monoisotopic (exact) mass is 261 g/mol. The summed E-state index contributed by atoms with van der Waals surface area (Å²) in [7, 11) is 1.62. The van der Waals surface area contributed by atoms with Crippen LogP contribution in [-0.4, -0.2) is 31.4 Å². The lowest BCUT2D eigenvalue weighted by Gasteiger charge is -2.38. The van der Waals surface area contributed by atoms with Crippen LogP contribution in [0.5, 0.6) is 0 Å². The van der Waals surface area contributed by atoms with E-state index >= 15 is 0 Å². The van der Waals surface area contributed by atoms with E-state index in [1.807, 2.05) is 43.0 Å². The highest BCUT2D eigenvalue weighted by Gasteiger charge is 2.33. The third-order valence-corrected chi connectivity index (χ3v) is 3.28. The van der Waals surface area contributed by atoms with Crippen molar-refractivity contribution in [2.75, 3.05) is 23.8 Å². The summed E-state index contributed by atoms with van der Waals surface area (Å²) in [4.78, 5) is 25.7. The Bertz CT molecular complexity index is 499. The number of benzene rings is 1. The first-order chi connectivity index (χ1) is 9.04. The number of amides is 2. The number of hydrogen-bond donors (Lipinski definition) is 2. The van der Waals surface area contributed by atoms with E-state index in [0.717, 1.165) is 11.4 Å². The molecule has 1 aliphatic heterocycles. The van der Waals surface area contributed by atoms with Gasteiger partial charge in [-0.3, -0.25) is 9.59 Å². The molecule has 0 fully saturated rings. The van der Waals surface area contributed by atoms with Gasteiger partial charge in [0.15, 0.2) is 0 Å². The Morgan fingerprint density at radius 3 is 2.68 bits per heavy atom. The summed E-state index contributed by atoms with van der Waals surface area (Å²) in [6.07, 6.45) is 0. The molecule has 5 nitrogen and oxygen atoms in total. The predicted octanol–water partition coefficient (Wildman–Crippen LogP) is 1.22. The first-order valence-electron chi connectivity index (χ1n) is 6.41. The van der Waals surface area contributed by atoms with Gasteiger partial charge in [0.2, 0.25) is 11.8 Å². The predicted molar refractivity (Wildman–Crippen MR) is 75.1 cm³/mol. The largest absolute Gasteiger partial charge is 0.357 e. The molecule has 0 spiro atoms. The van der Waals surface area contributed by atoms with Gasteiger partial charge in [-0.05, 0) is 18.1 Å². The number of carbonyl (C=O) groups is 2. The number of rotatable bonds is 3. The van der Waals surface area contributed by atoms with Crippen molar-refractivity contribution in [2.45, 2.75) is 19.9 Å². The van der Waals surface area contributed by atoms with E-state index in [1.54, 1.807) is 7.05 Å². The van der Waals surface area contributed by atoms with Crippen LogP contribution in [0.15, 0.2) is 24.3 Å². The Kier molecular flexibility index (Phi) is 3.74. The van der Waals surface area contributed by atoms with Crippen LogP contribution in [0.4, 0.5) is 11.4 Å². The number of carbonyl (C=O) groups excluding carboxylic acids is 2. The van der Waals surface area contributed by atoms with Crippen LogP contribution in [-0.2, 0) is 9.59 Å². The number of nitrogens with one attached hydrogen (secondary N) is 2. The molecule has 1 unspecified atom stereocenters. The Labute approximate surface area is 113 Å². The molecular weight excluding hydrogens is 242 g/mol. The Morgan fingerprint density at radius 2 is 2.05 bits per heavy atom. The van der Waals surface area contributed by atoms with E-state index in [4.69, 9.17) is 0 Å². The molecule has 1 aromatic rings. The standard InChI is InChI=1S/C14H19N3O2/c1-9(2)13(14(19)15-3)17-8-12(18)16-10-6-4-5-7-11(10)17/h4-7,9,13H,8H2,1-3H3,(H,15,19)(H,16,18). The second-order valence-corrected chi connectivity index (χ2v) is 5.00. The number of para-hydroxylation sites is 2. The molecule has 1 aliphatic rings. The lowest BCUT2D eigenvalue weighted by Crippen LogP contribution is -2.53. The van der Waals surface area contributed by atoms with Crippen molar-refractivity contribution in [1.82, 2.24) is 5.32 Å². The van der Waals surface area contributed by atoms with Crippen LogP contribution in [0.1, 0.15) is 13.8 Å². The second kappa shape index (κ2) is 5.30. The van der Waals surface area contributed by atoms with Crippen molar-refractivity contribution < 1.29 is 9.59 Å². The molecule has 19 heavy (non-hydrogen) atoms. The summed E-state index contributed by atoms with van der Waals surface area (Å²) < 4.78 is 0. The zero-order valence-electron chi connectivity index (χ0n) is 11.4. The maximum absolute atomic E-state index is 12.1. The summed E-state index contributed by atoms with van der Waals surface area (Å²) in [5, 5.41) is 5.51. The smallest absolute Gasteiger partial charge is 0.243 e. The number of fused-ring (bicyclic) bond motifs is 1. The van der Waals surface area contributed by atoms with E-state index in [2.05, 4.69) is 10.6 Å². The molecule has 2 N–H and O–H groups in total. The first kappa shape index (κ1) is 13.4. The average Bonchev–Trinajstić information content (AvgIpc) is 2.38. The molecule has 0 bridgehead atoms. The molecule has 1 atom stereocenters. The topological polar surface area (TPSA) is 61.4 Å². The lowest BCUT2D eigenvalue weighted by molar-refractivity contribution is -0.123. The molecule has 102 valence electrons. The first-order valence-corrected chi connectivity index (χ1v) is 6.41. The van der Waals surface area contributed by atoms with Crippen molar-refractivity contribution in [3.63, 3.8) is 0 Å². The molecule has 2 rings (SSSR count). The minimum Gasteiger partial charge on any atom is -0.357 e. The van der Waals surface area contributed by atoms with Crippen molar-refractivity contribution in [1.29, 1.82) is 0 Å². The van der Waals surface area contributed by atoms with Gasteiger partial charge in [-0.25, -0.2) is 0 Å². The number of anilines is 2. The number of hydrogen-bond acceptors (Lipinski definition) is 3. The Balaban J connectivity index is 2.43. The fourth-order valence-electron chi connectivity index (χ4n) is 2.46. The fourth-order valence-corrected chi connectivity index (χ4v) is 2.46. The molecule has 0 saturated heterocycles. The van der Waals surface area contributed by atoms with E-state index < -0.39 is 0 Å². The molecule has 0 radical (unpaired) electrons. The zero-order chi connectivity index (χ0) is 14.0. The highest BCUT2D eigenvalue weighted by Crippen LogP contribution is 2.32. The van der Waals surface area contributed by atoms with Crippen molar-refractivity contribution in [2.24, 2.45) is 5.92 Å². The summed E-state index contributed by atoms with van der Waals surface area (Å²) >= 11 is 0. The highest BCUT2D eigenvalue weighted by molar-refractivity contribution is 6.03. The molecule has 0 saturated carbocycles. The van der Waals surface area contributed by atoms with Crippen molar-refractivity contribution >= 4 is 23.2 Å². The van der Waals surface area contributed by atoms with Gasteiger partial charge in [-0.1, -0.05) is 26.0 Å². The third kappa shape index (κ3) is 2.54. The maximum Gasteiger partial charge on any atom is 0.243 e. The Morgan fingerprint density at radius 1 is 1.37 bits per heavy atom. The number of likely N-dealkylation sites (N-methyl/N-ethyl adjacent to an activating group) is 1. The molecular formula is C14H19N3O2. The van der Waals surface area contributed by atoms with Crippen LogP contribution in [0.3, 0.4) is 0 Å². The van der Waals surface area contributed by atoms with Gasteiger partial charge in [0.25, 0.3) is 0 Å². The minimum absolute atomic E-state index is 0.0699. The van der Waals surface area contributed by atoms with Crippen LogP contribution >= 0.6 is 0 Å². The maximum atomic E-state index is 12.1. The van der Waals surface area contributed by atoms with Gasteiger partial charge in [0.05, 0.1) is 17.9 Å². The van der Waals surface area contributed by atoms with E-state index in [-0.39, 0.29) is 30.3 Å². The normalized spacial score (nSPS) is 15.8. The van der Waals surface area contributed by atoms with Crippen LogP contribution < -0.4 is 15.5 Å². The van der Waals surface area contributed by atoms with Crippen LogP contribution in [0.2, 0.25) is 0 Å². The van der Waals surface area contributed by atoms with Gasteiger partial charge in [-0.2, -0.15) is 0 Å². The summed E-state index contributed by atoms with van der Waals surface area (Å²) in [6, 6.07) is 7.20. The Hall–Kier alpha value is -2.04. The molecule has 5 heteroatoms. The van der Waals surface area contributed by atoms with Crippen molar-refractivity contribution in [3.8, 4) is 0 Å². The summed E-state index contributed by atoms with van der Waals surface area (Å²) in [6.45, 7) is 4.16. The molecule has 2 amide bonds. The van der Waals surface area contributed by atoms with Gasteiger partial charge >= 0.3 is 0 Å². The van der Waals surface area contributed by atoms with Gasteiger partial charge < -0.3 is 15.5 Å². The number of nitrogens with zero attached hydrogens (tertiary/aromatic N) is 1. The molecule has 1 heterocycles. The molecule has 0 aliphatic carbocycles. The van der Waals surface area contributed by atoms with Crippen molar-refractivity contribution in [3.05, 3.63) is 24.3 Å². The summed E-state index contributed by atoms with van der Waals surface area (Å²) in [5.74, 6) is -0.0494. The van der Waals surface area contributed by atoms with Gasteiger partial charge in [0.1, 0.15) is 6.04 Å². The molecule has 1 aromatic carbocycles. The fraction of sp³-hybridized carbons (Fsp3) is 0.429. The highest BCUT2D eigenvalue weighted by atomic mass is 16.2. The van der Waals surface area contributed by atoms with E-state index in [0.29, 0.717) is 0 Å². The van der Waals surface area contributed by atoms with Crippen LogP contribution in [0.25, 0.3) is 0 Å². The van der Waals surface area contributed by atoms with E-state index in [1.165, 1.54) is 0 Å². The van der Waals surface area contributed by atoms with Gasteiger partial charge in [0, 0.05) is 7.05 Å². The van der Waals surface area contributed by atoms with E-state index in [9.17, 15) is 9.59 Å². The average molecular weight is 261 g/mol.